The Morgan fingerprint density at radius 2 is 2.05 bits per heavy atom. The maximum absolute atomic E-state index is 16.0. The SMILES string of the molecule is C=C(N[C@@H](C)CNc1nccc(-c2nn(C(C)C)cc2-c2cc(Cl)cc(NS(=O)(=O)N3CC[C@H](F)C3)c2F)n1)OC. The van der Waals surface area contributed by atoms with Crippen molar-refractivity contribution in [1.29, 1.82) is 0 Å². The summed E-state index contributed by atoms with van der Waals surface area (Å²) in [5.41, 5.74) is 0.762. The van der Waals surface area contributed by atoms with E-state index in [0.29, 0.717) is 35.3 Å². The number of nitrogens with one attached hydrogen (secondary N) is 3. The van der Waals surface area contributed by atoms with Gasteiger partial charge in [-0.2, -0.15) is 17.8 Å². The molecule has 0 aliphatic carbocycles. The molecule has 0 radical (unpaired) electrons. The summed E-state index contributed by atoms with van der Waals surface area (Å²) in [4.78, 5) is 8.85. The fourth-order valence-corrected chi connectivity index (χ4v) is 5.69. The van der Waals surface area contributed by atoms with Crippen LogP contribution in [0, 0.1) is 5.82 Å². The predicted octanol–water partition coefficient (Wildman–Crippen LogP) is 4.59. The third-order valence-corrected chi connectivity index (χ3v) is 8.09. The van der Waals surface area contributed by atoms with E-state index in [-0.39, 0.29) is 47.9 Å². The van der Waals surface area contributed by atoms with Gasteiger partial charge in [0.2, 0.25) is 5.95 Å². The third-order valence-electron chi connectivity index (χ3n) is 6.38. The van der Waals surface area contributed by atoms with Crippen LogP contribution in [-0.4, -0.2) is 71.4 Å². The van der Waals surface area contributed by atoms with E-state index in [1.165, 1.54) is 19.2 Å². The van der Waals surface area contributed by atoms with Crippen LogP contribution in [0.5, 0.6) is 0 Å². The zero-order chi connectivity index (χ0) is 29.9. The first-order valence-corrected chi connectivity index (χ1v) is 14.8. The molecule has 3 N–H and O–H groups in total. The lowest BCUT2D eigenvalue weighted by Crippen LogP contribution is -2.34. The molecule has 222 valence electrons. The highest BCUT2D eigenvalue weighted by Gasteiger charge is 2.32. The summed E-state index contributed by atoms with van der Waals surface area (Å²) in [6.45, 7) is 9.65. The van der Waals surface area contributed by atoms with Gasteiger partial charge in [-0.15, -0.1) is 0 Å². The summed E-state index contributed by atoms with van der Waals surface area (Å²) in [5.74, 6) is -0.111. The summed E-state index contributed by atoms with van der Waals surface area (Å²) >= 11 is 6.33. The number of rotatable bonds is 12. The molecule has 0 spiro atoms. The van der Waals surface area contributed by atoms with E-state index >= 15 is 4.39 Å². The molecule has 0 saturated carbocycles. The normalized spacial score (nSPS) is 16.5. The van der Waals surface area contributed by atoms with Crippen LogP contribution in [0.2, 0.25) is 5.02 Å². The minimum atomic E-state index is -4.21. The minimum Gasteiger partial charge on any atom is -0.483 e. The lowest BCUT2D eigenvalue weighted by molar-refractivity contribution is 0.255. The molecule has 1 aromatic carbocycles. The molecule has 1 saturated heterocycles. The predicted molar refractivity (Wildman–Crippen MR) is 155 cm³/mol. The Morgan fingerprint density at radius 3 is 2.71 bits per heavy atom. The standard InChI is InChI=1S/C26H33ClF2N8O3S/c1-15(2)37-14-21(25(34-37)22-6-8-30-26(33-22)31-12-16(3)32-17(4)40-5)20-10-18(27)11-23(24(20)29)35-41(38,39)36-9-7-19(28)13-36/h6,8,10-11,14-16,19,32,35H,4,7,9,12-13H2,1-3,5H3,(H,30,31,33)/t16-,19-/m0/s1. The number of halogens is 3. The number of nitrogens with zero attached hydrogens (tertiary/aromatic N) is 5. The lowest BCUT2D eigenvalue weighted by Gasteiger charge is -2.18. The number of alkyl halides is 1. The first kappa shape index (κ1) is 30.5. The highest BCUT2D eigenvalue weighted by atomic mass is 35.5. The van der Waals surface area contributed by atoms with Crippen molar-refractivity contribution in [3.8, 4) is 22.5 Å². The van der Waals surface area contributed by atoms with Crippen LogP contribution in [0.15, 0.2) is 43.1 Å². The van der Waals surface area contributed by atoms with Crippen LogP contribution in [0.3, 0.4) is 0 Å². The molecule has 1 aliphatic rings. The van der Waals surface area contributed by atoms with E-state index in [2.05, 4.69) is 37.0 Å². The van der Waals surface area contributed by atoms with Gasteiger partial charge in [-0.25, -0.2) is 18.7 Å². The van der Waals surface area contributed by atoms with Gasteiger partial charge in [0.25, 0.3) is 0 Å². The minimum absolute atomic E-state index is 0.00307. The number of hydrogen-bond donors (Lipinski definition) is 3. The van der Waals surface area contributed by atoms with Gasteiger partial charge in [0.05, 0.1) is 18.5 Å². The monoisotopic (exact) mass is 610 g/mol. The van der Waals surface area contributed by atoms with Crippen LogP contribution in [0.4, 0.5) is 20.4 Å². The van der Waals surface area contributed by atoms with Gasteiger partial charge in [0.1, 0.15) is 11.9 Å². The molecule has 2 atom stereocenters. The van der Waals surface area contributed by atoms with E-state index < -0.39 is 22.2 Å². The first-order valence-electron chi connectivity index (χ1n) is 12.9. The van der Waals surface area contributed by atoms with Crippen LogP contribution in [0.25, 0.3) is 22.5 Å². The quantitative estimate of drug-likeness (QED) is 0.254. The fourth-order valence-electron chi connectivity index (χ4n) is 4.22. The van der Waals surface area contributed by atoms with E-state index in [9.17, 15) is 12.8 Å². The number of aromatic nitrogens is 4. The molecule has 2 aromatic heterocycles. The van der Waals surface area contributed by atoms with E-state index in [0.717, 1.165) is 4.31 Å². The molecule has 1 fully saturated rings. The van der Waals surface area contributed by atoms with Crippen molar-refractivity contribution in [1.82, 2.24) is 29.4 Å². The molecule has 3 heterocycles. The number of hydrogen-bond acceptors (Lipinski definition) is 8. The second-order valence-electron chi connectivity index (χ2n) is 9.95. The van der Waals surface area contributed by atoms with Crippen LogP contribution in [-0.2, 0) is 14.9 Å². The van der Waals surface area contributed by atoms with Gasteiger partial charge in [0.15, 0.2) is 11.7 Å². The van der Waals surface area contributed by atoms with E-state index in [1.54, 1.807) is 23.1 Å². The maximum atomic E-state index is 16.0. The smallest absolute Gasteiger partial charge is 0.301 e. The van der Waals surface area contributed by atoms with Gasteiger partial charge in [-0.1, -0.05) is 11.6 Å². The highest BCUT2D eigenvalue weighted by Crippen LogP contribution is 2.38. The molecular weight excluding hydrogens is 578 g/mol. The summed E-state index contributed by atoms with van der Waals surface area (Å²) < 4.78 is 65.2. The van der Waals surface area contributed by atoms with Gasteiger partial charge >= 0.3 is 10.2 Å². The van der Waals surface area contributed by atoms with Crippen molar-refractivity contribution in [3.63, 3.8) is 0 Å². The number of methoxy groups -OCH3 is 1. The maximum Gasteiger partial charge on any atom is 0.301 e. The van der Waals surface area contributed by atoms with Gasteiger partial charge < -0.3 is 15.4 Å². The summed E-state index contributed by atoms with van der Waals surface area (Å²) in [6.07, 6.45) is 2.01. The summed E-state index contributed by atoms with van der Waals surface area (Å²) in [7, 11) is -2.69. The second kappa shape index (κ2) is 12.6. The average Bonchev–Trinajstić information content (AvgIpc) is 3.57. The van der Waals surface area contributed by atoms with E-state index in [1.807, 2.05) is 20.8 Å². The second-order valence-corrected chi connectivity index (χ2v) is 12.1. The van der Waals surface area contributed by atoms with Crippen molar-refractivity contribution >= 4 is 33.4 Å². The highest BCUT2D eigenvalue weighted by molar-refractivity contribution is 7.90. The summed E-state index contributed by atoms with van der Waals surface area (Å²) in [5, 5.41) is 11.0. The van der Waals surface area contributed by atoms with Crippen molar-refractivity contribution in [2.75, 3.05) is 36.8 Å². The average molecular weight is 611 g/mol. The molecule has 1 aliphatic heterocycles. The molecule has 15 heteroatoms. The zero-order valence-electron chi connectivity index (χ0n) is 23.2. The fraction of sp³-hybridized carbons (Fsp3) is 0.423. The van der Waals surface area contributed by atoms with E-state index in [4.69, 9.17) is 16.3 Å². The van der Waals surface area contributed by atoms with Crippen LogP contribution >= 0.6 is 11.6 Å². The first-order chi connectivity index (χ1) is 19.4. The van der Waals surface area contributed by atoms with Crippen molar-refractivity contribution in [2.24, 2.45) is 0 Å². The number of ether oxygens (including phenoxy) is 1. The largest absolute Gasteiger partial charge is 0.483 e. The Morgan fingerprint density at radius 1 is 1.29 bits per heavy atom. The Hall–Kier alpha value is -3.49. The molecular formula is C26H33ClF2N8O3S. The van der Waals surface area contributed by atoms with Crippen LogP contribution < -0.4 is 15.4 Å². The Labute approximate surface area is 243 Å². The topological polar surface area (TPSA) is 126 Å². The van der Waals surface area contributed by atoms with Crippen molar-refractivity contribution < 1.29 is 21.9 Å². The van der Waals surface area contributed by atoms with Crippen LogP contribution in [0.1, 0.15) is 33.2 Å². The number of benzene rings is 1. The molecule has 4 rings (SSSR count). The molecule has 0 unspecified atom stereocenters. The Balaban J connectivity index is 1.69. The Bertz CT molecular complexity index is 1520. The van der Waals surface area contributed by atoms with Gasteiger partial charge in [-0.05, 0) is 52.0 Å². The van der Waals surface area contributed by atoms with Gasteiger partial charge in [-0.3, -0.25) is 9.40 Å². The number of anilines is 2. The Kier molecular flexibility index (Phi) is 9.34. The van der Waals surface area contributed by atoms with Crippen molar-refractivity contribution in [2.45, 2.75) is 45.4 Å². The van der Waals surface area contributed by atoms with Gasteiger partial charge in [0, 0.05) is 60.3 Å². The molecule has 0 amide bonds. The third kappa shape index (κ3) is 7.24. The molecule has 11 nitrogen and oxygen atoms in total. The van der Waals surface area contributed by atoms with Crippen molar-refractivity contribution in [3.05, 3.63) is 53.9 Å². The summed E-state index contributed by atoms with van der Waals surface area (Å²) in [6, 6.07) is 4.08. The molecule has 41 heavy (non-hydrogen) atoms. The lowest BCUT2D eigenvalue weighted by atomic mass is 10.0. The molecule has 0 bridgehead atoms. The molecule has 3 aromatic rings. The zero-order valence-corrected chi connectivity index (χ0v) is 24.7.